The van der Waals surface area contributed by atoms with Crippen LogP contribution in [0.1, 0.15) is 58.9 Å². The third kappa shape index (κ3) is 30.0. The van der Waals surface area contributed by atoms with Gasteiger partial charge >= 0.3 is 84.8 Å². The van der Waals surface area contributed by atoms with Gasteiger partial charge in [-0.05, 0) is 240 Å². The van der Waals surface area contributed by atoms with E-state index in [0.717, 1.165) is 94.3 Å². The quantitative estimate of drug-likeness (QED) is 0.0150. The molecule has 0 aliphatic heterocycles. The lowest BCUT2D eigenvalue weighted by Crippen LogP contribution is -3.61. The Morgan fingerprint density at radius 3 is 1.18 bits per heavy atom. The van der Waals surface area contributed by atoms with E-state index in [9.17, 15) is 58.6 Å². The summed E-state index contributed by atoms with van der Waals surface area (Å²) in [7, 11) is -12.6. The summed E-state index contributed by atoms with van der Waals surface area (Å²) in [4.78, 5) is 36.3. The largest absolute Gasteiger partial charge is 0.744 e. The van der Waals surface area contributed by atoms with Crippen molar-refractivity contribution in [3.63, 3.8) is 0 Å². The zero-order valence-corrected chi connectivity index (χ0v) is 86.3. The first-order valence-electron chi connectivity index (χ1n) is 41.7. The Kier molecular flexibility index (Phi) is 37.7. The number of ketones is 3. The number of hydrogen-bond acceptors (Lipinski definition) is 18. The molecule has 0 aromatic heterocycles. The van der Waals surface area contributed by atoms with Crippen LogP contribution in [0, 0.1) is 42.4 Å². The highest BCUT2D eigenvalue weighted by atomic mass is 127. The van der Waals surface area contributed by atoms with Crippen LogP contribution in [0.25, 0.3) is 43.1 Å². The van der Waals surface area contributed by atoms with Gasteiger partial charge in [0.25, 0.3) is 0 Å². The van der Waals surface area contributed by atoms with Crippen molar-refractivity contribution in [3.05, 3.63) is 514 Å². The third-order valence-electron chi connectivity index (χ3n) is 20.2. The molecule has 0 radical (unpaired) electrons. The fraction of sp³-hybridized carbons (Fsp3) is 0.0273. The van der Waals surface area contributed by atoms with E-state index in [4.69, 9.17) is 27.9 Å². The minimum atomic E-state index is -4.71. The molecule has 0 fully saturated rings. The summed E-state index contributed by atoms with van der Waals surface area (Å²) >= 11 is 12.5. The number of anilines is 2. The van der Waals surface area contributed by atoms with Crippen LogP contribution in [-0.2, 0) is 39.7 Å². The molecule has 1 aliphatic rings. The van der Waals surface area contributed by atoms with E-state index < -0.39 is 45.9 Å². The fourth-order valence-electron chi connectivity index (χ4n) is 13.7. The van der Waals surface area contributed by atoms with Crippen LogP contribution in [0.2, 0.25) is 10.0 Å². The van der Waals surface area contributed by atoms with Gasteiger partial charge in [0.2, 0.25) is 0 Å². The molecule has 19 aromatic carbocycles. The molecule has 0 saturated carbocycles. The zero-order chi connectivity index (χ0) is 96.9. The van der Waals surface area contributed by atoms with Gasteiger partial charge in [0.15, 0.2) is 45.9 Å². The van der Waals surface area contributed by atoms with Crippen molar-refractivity contribution >= 4 is 137 Å². The predicted octanol–water partition coefficient (Wildman–Crippen LogP) is 11.7. The highest BCUT2D eigenvalue weighted by Gasteiger charge is 2.30. The monoisotopic (exact) mass is 2380 g/mol. The van der Waals surface area contributed by atoms with Gasteiger partial charge in [0.1, 0.15) is 36.1 Å². The number of benzene rings is 19. The molecule has 0 heterocycles. The van der Waals surface area contributed by atoms with Crippen LogP contribution in [0.3, 0.4) is 0 Å². The second-order valence-electron chi connectivity index (χ2n) is 29.7. The average molecular weight is 2380 g/mol. The standard InChI is InChI=1S/C16H13NO3S.C16H10O3S.C14H14I.C14H8O5S.C14H12O5S.C12H8Cl2I.2C12H10I/c18-19-20-21-14-10-9-12-5-4-8-16(15(12)11-14)17-13-6-2-1-3-7-13;17-20(18,19)14-9-7-12-5-4-10-2-1-3-11-6-8-13(14)16(12)15(10)11;1-11-3-7-13(8-4-11)15-14-9-5-12(2)6-10-14;15-13-9-3-1-2-4-10(9)14(16)12-7-8(20(17,18)19)5-6-11(12)13;1-19-12-8-7-11(9-13(12)20(16,17)18)14(15)10-5-3-2-4-6-10;13-9-1-5-11(6-2-9)15-12-7-3-10(14)4-8-12;2*1-3-7-11(8-4-1)13-12-9-5-2-6-10-12/h1-11,17-18H;1-9H,(H,17,18,19);3-10H,1-2H3;1-7H,(H,17,18,19);2-9H,1H3,(H,16,17,18);1-8H;2*1-10H/q;;+1;;;3*+1/p-4. The number of para-hydroxylation sites is 1. The maximum Gasteiger partial charge on any atom is 0.357 e. The summed E-state index contributed by atoms with van der Waals surface area (Å²) in [5.41, 5.74) is 5.77. The Hall–Kier alpha value is -11.5. The fourth-order valence-corrected chi connectivity index (χ4v) is 25.0. The Bertz CT molecular complexity index is 7340. The number of aryl methyl sites for hydroxylation is 2. The Morgan fingerprint density at radius 1 is 0.336 bits per heavy atom. The molecule has 27 heteroatoms. The minimum Gasteiger partial charge on any atom is -0.744 e. The predicted molar refractivity (Wildman–Crippen MR) is 519 cm³/mol. The van der Waals surface area contributed by atoms with Crippen LogP contribution in [0.5, 0.6) is 5.75 Å². The van der Waals surface area contributed by atoms with E-state index in [1.165, 1.54) is 83.2 Å². The molecule has 0 amide bonds. The van der Waals surface area contributed by atoms with E-state index in [1.807, 2.05) is 127 Å². The number of hydrogen-bond donors (Lipinski definition) is 1. The average Bonchev–Trinajstić information content (AvgIpc) is 0.729. The van der Waals surface area contributed by atoms with E-state index in [2.05, 4.69) is 223 Å². The molecule has 19 aromatic rings. The molecular weight excluding hydrogens is 2300 g/mol. The lowest BCUT2D eigenvalue weighted by molar-refractivity contribution is -0.777. The van der Waals surface area contributed by atoms with Gasteiger partial charge in [0.05, 0.1) is 33.8 Å². The highest BCUT2D eigenvalue weighted by molar-refractivity contribution is 7.94. The number of nitrogens with one attached hydrogen (secondary N) is 1. The summed E-state index contributed by atoms with van der Waals surface area (Å²) in [6.07, 6.45) is 0. The van der Waals surface area contributed by atoms with Crippen LogP contribution in [0.15, 0.2) is 450 Å². The Balaban J connectivity index is 0.000000133. The molecule has 0 spiro atoms. The summed E-state index contributed by atoms with van der Waals surface area (Å²) in [5, 5.41) is 25.8. The van der Waals surface area contributed by atoms with Gasteiger partial charge in [-0.15, -0.1) is 0 Å². The van der Waals surface area contributed by atoms with Crippen LogP contribution in [0.4, 0.5) is 11.4 Å². The van der Waals surface area contributed by atoms with E-state index in [1.54, 1.807) is 54.6 Å². The van der Waals surface area contributed by atoms with Gasteiger partial charge in [-0.25, -0.2) is 25.3 Å². The molecule has 1 aliphatic carbocycles. The van der Waals surface area contributed by atoms with Crippen molar-refractivity contribution in [2.75, 3.05) is 12.4 Å². The number of carbonyl (C=O) groups is 3. The lowest BCUT2D eigenvalue weighted by Gasteiger charge is -2.18. The first-order chi connectivity index (χ1) is 66.1. The SMILES string of the molecule is COc1ccc(C(=O)c2ccccc2)cc1S(=O)(=O)[O-].Cc1ccc([I+]c2ccc(C)cc2)cc1.Clc1ccc([I+]c2ccc(Cl)cc2)cc1.O=C1c2ccccc2C(=O)c2cc(S(=O)(=O)[O-])ccc21.O=S(=O)([O-])c1ccc2ccc3cccc4ccc1c2c34.[O-]OOSc1ccc2cccc(Nc3ccccc3)c2c1.c1ccc([I+]c2ccccc2)cc1.c1ccc([I+]c2ccccc2)cc1. The molecule has 1 N–H and O–H groups in total. The van der Waals surface area contributed by atoms with Crippen LogP contribution >= 0.6 is 35.2 Å². The molecule has 0 bridgehead atoms. The van der Waals surface area contributed by atoms with Crippen molar-refractivity contribution in [2.45, 2.75) is 33.4 Å². The van der Waals surface area contributed by atoms with Gasteiger partial charge in [-0.2, -0.15) is 4.33 Å². The zero-order valence-electron chi connectivity index (χ0n) is 72.9. The molecule has 0 unspecified atom stereocenters. The molecule has 0 atom stereocenters. The van der Waals surface area contributed by atoms with Gasteiger partial charge in [0, 0.05) is 70.5 Å². The molecule has 20 rings (SSSR count). The number of halogens is 6. The van der Waals surface area contributed by atoms with Gasteiger partial charge in [-0.1, -0.05) is 271 Å². The Morgan fingerprint density at radius 2 is 0.723 bits per heavy atom. The summed E-state index contributed by atoms with van der Waals surface area (Å²) < 4.78 is 122. The number of carbonyl (C=O) groups excluding carboxylic acids is 3. The number of fused-ring (bicyclic) bond motifs is 3. The van der Waals surface area contributed by atoms with Crippen molar-refractivity contribution < 1.29 is 157 Å². The molecular formula is C110H81Cl2I4NO16S4. The summed E-state index contributed by atoms with van der Waals surface area (Å²) in [6.45, 7) is 4.27. The van der Waals surface area contributed by atoms with Crippen molar-refractivity contribution in [1.82, 2.24) is 0 Å². The maximum absolute atomic E-state index is 12.3. The molecule has 688 valence electrons. The topological polar surface area (TPSA) is 286 Å². The smallest absolute Gasteiger partial charge is 0.357 e. The second-order valence-corrected chi connectivity index (χ2v) is 47.5. The summed E-state index contributed by atoms with van der Waals surface area (Å²) in [5.74, 6) is -1.26. The van der Waals surface area contributed by atoms with Crippen molar-refractivity contribution in [2.24, 2.45) is 0 Å². The van der Waals surface area contributed by atoms with Crippen LogP contribution in [-0.4, -0.2) is 63.4 Å². The van der Waals surface area contributed by atoms with Crippen molar-refractivity contribution in [3.8, 4) is 5.75 Å². The van der Waals surface area contributed by atoms with Gasteiger partial charge < -0.3 is 29.0 Å². The maximum atomic E-state index is 12.3. The van der Waals surface area contributed by atoms with E-state index >= 15 is 0 Å². The number of ether oxygens (including phenoxy) is 1. The van der Waals surface area contributed by atoms with Gasteiger partial charge in [-0.3, -0.25) is 19.4 Å². The van der Waals surface area contributed by atoms with Crippen molar-refractivity contribution in [1.29, 1.82) is 0 Å². The van der Waals surface area contributed by atoms with E-state index in [-0.39, 0.29) is 135 Å². The second kappa shape index (κ2) is 50.2. The van der Waals surface area contributed by atoms with Crippen LogP contribution < -0.4 is 100 Å². The first-order valence-corrected chi connectivity index (χ1v) is 56.0. The lowest BCUT2D eigenvalue weighted by atomic mass is 9.84. The number of rotatable bonds is 19. The minimum absolute atomic E-state index is 0.00313. The summed E-state index contributed by atoms with van der Waals surface area (Å²) in [6, 6.07) is 137. The molecule has 137 heavy (non-hydrogen) atoms. The molecule has 0 saturated heterocycles. The molecule has 17 nitrogen and oxygen atoms in total. The first kappa shape index (κ1) is 103. The van der Waals surface area contributed by atoms with E-state index in [0.29, 0.717) is 10.9 Å². The highest BCUT2D eigenvalue weighted by Crippen LogP contribution is 2.38. The number of methoxy groups -OCH3 is 1. The Labute approximate surface area is 851 Å². The third-order valence-corrected chi connectivity index (χ3v) is 34.6. The normalized spacial score (nSPS) is 11.2.